The Morgan fingerprint density at radius 2 is 1.88 bits per heavy atom. The Hall–Kier alpha value is -2.93. The molecule has 7 heteroatoms. The Labute approximate surface area is 150 Å². The van der Waals surface area contributed by atoms with Crippen molar-refractivity contribution < 1.29 is 9.47 Å². The first kappa shape index (κ1) is 16.9. The smallest absolute Gasteiger partial charge is 0.216 e. The van der Waals surface area contributed by atoms with E-state index < -0.39 is 0 Å². The van der Waals surface area contributed by atoms with Crippen LogP contribution in [0, 0.1) is 4.77 Å². The lowest BCUT2D eigenvalue weighted by Crippen LogP contribution is -1.99. The number of aromatic amines is 1. The molecular formula is C18H18N4O2S. The number of methoxy groups -OCH3 is 1. The van der Waals surface area contributed by atoms with Crippen LogP contribution in [0.25, 0.3) is 11.4 Å². The summed E-state index contributed by atoms with van der Waals surface area (Å²) < 4.78 is 13.0. The zero-order valence-electron chi connectivity index (χ0n) is 14.0. The van der Waals surface area contributed by atoms with Crippen molar-refractivity contribution in [2.75, 3.05) is 13.7 Å². The highest BCUT2D eigenvalue weighted by molar-refractivity contribution is 7.71. The Morgan fingerprint density at radius 1 is 1.16 bits per heavy atom. The summed E-state index contributed by atoms with van der Waals surface area (Å²) in [5, 5.41) is 11.6. The minimum absolute atomic E-state index is 0.396. The van der Waals surface area contributed by atoms with Gasteiger partial charge in [-0.2, -0.15) is 14.9 Å². The van der Waals surface area contributed by atoms with Crippen molar-refractivity contribution in [3.63, 3.8) is 0 Å². The fraction of sp³-hybridized carbons (Fsp3) is 0.167. The number of H-pyrrole nitrogens is 1. The van der Waals surface area contributed by atoms with E-state index in [1.807, 2.05) is 55.5 Å². The molecule has 0 atom stereocenters. The van der Waals surface area contributed by atoms with Gasteiger partial charge >= 0.3 is 0 Å². The molecule has 6 nitrogen and oxygen atoms in total. The summed E-state index contributed by atoms with van der Waals surface area (Å²) in [7, 11) is 1.62. The molecule has 0 saturated carbocycles. The zero-order chi connectivity index (χ0) is 17.6. The molecule has 0 aliphatic heterocycles. The Morgan fingerprint density at radius 3 is 2.64 bits per heavy atom. The largest absolute Gasteiger partial charge is 0.496 e. The molecule has 25 heavy (non-hydrogen) atoms. The second-order valence-corrected chi connectivity index (χ2v) is 5.47. The Kier molecular flexibility index (Phi) is 5.25. The first-order valence-electron chi connectivity index (χ1n) is 7.81. The van der Waals surface area contributed by atoms with Gasteiger partial charge < -0.3 is 9.47 Å². The summed E-state index contributed by atoms with van der Waals surface area (Å²) in [5.41, 5.74) is 1.66. The summed E-state index contributed by atoms with van der Waals surface area (Å²) in [4.78, 5) is 0. The fourth-order valence-corrected chi connectivity index (χ4v) is 2.58. The Bertz CT molecular complexity index is 946. The maximum Gasteiger partial charge on any atom is 0.216 e. The minimum atomic E-state index is 0.396. The van der Waals surface area contributed by atoms with Crippen LogP contribution in [0.1, 0.15) is 12.5 Å². The van der Waals surface area contributed by atoms with Gasteiger partial charge in [0.15, 0.2) is 5.82 Å². The van der Waals surface area contributed by atoms with Gasteiger partial charge in [-0.05, 0) is 43.4 Å². The molecule has 0 spiro atoms. The van der Waals surface area contributed by atoms with E-state index >= 15 is 0 Å². The number of benzene rings is 2. The third-order valence-electron chi connectivity index (χ3n) is 3.53. The van der Waals surface area contributed by atoms with Crippen molar-refractivity contribution in [3.05, 3.63) is 58.9 Å². The summed E-state index contributed by atoms with van der Waals surface area (Å²) in [5.74, 6) is 2.05. The van der Waals surface area contributed by atoms with E-state index in [2.05, 4.69) is 15.3 Å². The second kappa shape index (κ2) is 7.76. The average Bonchev–Trinajstić information content (AvgIpc) is 3.01. The third-order valence-corrected chi connectivity index (χ3v) is 3.79. The zero-order valence-corrected chi connectivity index (χ0v) is 14.8. The van der Waals surface area contributed by atoms with E-state index in [9.17, 15) is 0 Å². The molecule has 0 aliphatic carbocycles. The molecule has 3 aromatic rings. The highest BCUT2D eigenvalue weighted by Gasteiger charge is 2.13. The van der Waals surface area contributed by atoms with Crippen molar-refractivity contribution in [3.8, 4) is 22.9 Å². The van der Waals surface area contributed by atoms with Crippen molar-refractivity contribution in [2.45, 2.75) is 6.92 Å². The van der Waals surface area contributed by atoms with Gasteiger partial charge in [0.25, 0.3) is 0 Å². The molecule has 0 saturated heterocycles. The highest BCUT2D eigenvalue weighted by atomic mass is 32.1. The van der Waals surface area contributed by atoms with Crippen LogP contribution in [0.2, 0.25) is 0 Å². The molecule has 1 N–H and O–H groups in total. The normalized spacial score (nSPS) is 11.0. The fourth-order valence-electron chi connectivity index (χ4n) is 2.40. The van der Waals surface area contributed by atoms with E-state index in [1.54, 1.807) is 18.0 Å². The number of hydrogen-bond donors (Lipinski definition) is 1. The van der Waals surface area contributed by atoms with Crippen LogP contribution in [-0.2, 0) is 0 Å². The monoisotopic (exact) mass is 354 g/mol. The molecule has 128 valence electrons. The molecule has 3 rings (SSSR count). The predicted octanol–water partition coefficient (Wildman–Crippen LogP) is 3.90. The lowest BCUT2D eigenvalue weighted by Gasteiger charge is -2.09. The van der Waals surface area contributed by atoms with Crippen LogP contribution >= 0.6 is 12.2 Å². The molecule has 0 bridgehead atoms. The predicted molar refractivity (Wildman–Crippen MR) is 100 cm³/mol. The lowest BCUT2D eigenvalue weighted by atomic mass is 10.2. The summed E-state index contributed by atoms with van der Waals surface area (Å²) in [6.45, 7) is 2.50. The standard InChI is InChI=1S/C18H18N4O2S/c1-3-24-16-11-7-5-9-14(16)17-20-21-18(25)22(17)19-12-13-8-4-6-10-15(13)23-2/h4-12H,3H2,1-2H3,(H,21,25)/b19-12-. The first-order valence-corrected chi connectivity index (χ1v) is 8.22. The lowest BCUT2D eigenvalue weighted by molar-refractivity contribution is 0.341. The molecule has 0 radical (unpaired) electrons. The van der Waals surface area contributed by atoms with Crippen molar-refractivity contribution in [2.24, 2.45) is 5.10 Å². The van der Waals surface area contributed by atoms with Crippen LogP contribution < -0.4 is 9.47 Å². The number of rotatable bonds is 6. The number of nitrogens with zero attached hydrogens (tertiary/aromatic N) is 3. The van der Waals surface area contributed by atoms with Crippen molar-refractivity contribution in [1.82, 2.24) is 14.9 Å². The van der Waals surface area contributed by atoms with E-state index in [0.29, 0.717) is 17.2 Å². The number of hydrogen-bond acceptors (Lipinski definition) is 5. The molecule has 0 amide bonds. The third kappa shape index (κ3) is 3.61. The van der Waals surface area contributed by atoms with Crippen LogP contribution in [-0.4, -0.2) is 34.8 Å². The summed E-state index contributed by atoms with van der Waals surface area (Å²) >= 11 is 5.32. The molecule has 2 aromatic carbocycles. The second-order valence-electron chi connectivity index (χ2n) is 5.08. The van der Waals surface area contributed by atoms with E-state index in [1.165, 1.54) is 0 Å². The molecule has 1 heterocycles. The number of aromatic nitrogens is 3. The Balaban J connectivity index is 2.04. The van der Waals surface area contributed by atoms with Crippen LogP contribution in [0.4, 0.5) is 0 Å². The average molecular weight is 354 g/mol. The van der Waals surface area contributed by atoms with Gasteiger partial charge in [0.05, 0.1) is 25.5 Å². The molecule has 0 unspecified atom stereocenters. The summed E-state index contributed by atoms with van der Waals surface area (Å²) in [6, 6.07) is 15.3. The van der Waals surface area contributed by atoms with Gasteiger partial charge in [-0.25, -0.2) is 5.10 Å². The van der Waals surface area contributed by atoms with Gasteiger partial charge in [-0.1, -0.05) is 24.3 Å². The van der Waals surface area contributed by atoms with Crippen LogP contribution in [0.15, 0.2) is 53.6 Å². The summed E-state index contributed by atoms with van der Waals surface area (Å²) in [6.07, 6.45) is 1.69. The minimum Gasteiger partial charge on any atom is -0.496 e. The number of nitrogens with one attached hydrogen (secondary N) is 1. The van der Waals surface area contributed by atoms with Gasteiger partial charge in [-0.15, -0.1) is 0 Å². The quantitative estimate of drug-likeness (QED) is 0.539. The highest BCUT2D eigenvalue weighted by Crippen LogP contribution is 2.28. The van der Waals surface area contributed by atoms with Gasteiger partial charge in [0.2, 0.25) is 4.77 Å². The molecule has 1 aromatic heterocycles. The SMILES string of the molecule is CCOc1ccccc1-c1n[nH]c(=S)n1/N=C\c1ccccc1OC. The van der Waals surface area contributed by atoms with Crippen molar-refractivity contribution >= 4 is 18.4 Å². The van der Waals surface area contributed by atoms with E-state index in [-0.39, 0.29) is 0 Å². The van der Waals surface area contributed by atoms with Gasteiger partial charge in [-0.3, -0.25) is 0 Å². The molecule has 0 fully saturated rings. The first-order chi connectivity index (χ1) is 12.2. The molecular weight excluding hydrogens is 336 g/mol. The maximum absolute atomic E-state index is 5.68. The van der Waals surface area contributed by atoms with E-state index in [0.717, 1.165) is 22.6 Å². The van der Waals surface area contributed by atoms with E-state index in [4.69, 9.17) is 21.7 Å². The topological polar surface area (TPSA) is 64.4 Å². The maximum atomic E-state index is 5.68. The number of para-hydroxylation sites is 2. The van der Waals surface area contributed by atoms with Crippen molar-refractivity contribution in [1.29, 1.82) is 0 Å². The van der Waals surface area contributed by atoms with Gasteiger partial charge in [0, 0.05) is 5.56 Å². The van der Waals surface area contributed by atoms with Crippen LogP contribution in [0.5, 0.6) is 11.5 Å². The molecule has 0 aliphatic rings. The van der Waals surface area contributed by atoms with Gasteiger partial charge in [0.1, 0.15) is 11.5 Å². The van der Waals surface area contributed by atoms with Crippen LogP contribution in [0.3, 0.4) is 0 Å². The number of ether oxygens (including phenoxy) is 2.